The molecule has 0 aliphatic carbocycles. The van der Waals surface area contributed by atoms with Crippen LogP contribution in [-0.4, -0.2) is 45.7 Å². The van der Waals surface area contributed by atoms with Gasteiger partial charge >= 0.3 is 19.3 Å². The second-order valence-electron chi connectivity index (χ2n) is 6.37. The molecule has 9 nitrogen and oxygen atoms in total. The Morgan fingerprint density at radius 1 is 1.10 bits per heavy atom. The fourth-order valence-corrected chi connectivity index (χ4v) is 2.58. The Labute approximate surface area is 160 Å². The maximum Gasteiger partial charge on any atom is 0.387 e. The Morgan fingerprint density at radius 3 is 2.17 bits per heavy atom. The van der Waals surface area contributed by atoms with Crippen molar-refractivity contribution in [2.75, 3.05) is 0 Å². The van der Waals surface area contributed by atoms with Gasteiger partial charge in [0.2, 0.25) is 0 Å². The summed E-state index contributed by atoms with van der Waals surface area (Å²) >= 11 is 0. The molecule has 1 N–H and O–H groups in total. The van der Waals surface area contributed by atoms with Crippen molar-refractivity contribution in [2.24, 2.45) is 0 Å². The average molecular weight is 418 g/mol. The zero-order chi connectivity index (χ0) is 21.3. The summed E-state index contributed by atoms with van der Waals surface area (Å²) in [5, 5.41) is 5.82. The number of imide groups is 1. The SMILES string of the molecule is CC1(C)C(=O)NC(=O)N1Cc1noc(-c2cc(OC(F)F)cc(OC(F)F)c2)n1. The number of nitrogens with one attached hydrogen (secondary N) is 1. The number of aromatic nitrogens is 2. The maximum absolute atomic E-state index is 12.5. The number of carbonyl (C=O) groups is 2. The maximum atomic E-state index is 12.5. The molecule has 0 spiro atoms. The van der Waals surface area contributed by atoms with E-state index in [9.17, 15) is 27.2 Å². The third-order valence-electron chi connectivity index (χ3n) is 4.04. The predicted molar refractivity (Wildman–Crippen MR) is 86.2 cm³/mol. The molecule has 0 radical (unpaired) electrons. The van der Waals surface area contributed by atoms with E-state index >= 15 is 0 Å². The Morgan fingerprint density at radius 2 is 1.69 bits per heavy atom. The van der Waals surface area contributed by atoms with Crippen LogP contribution in [0.25, 0.3) is 11.5 Å². The van der Waals surface area contributed by atoms with Crippen LogP contribution in [0.5, 0.6) is 11.5 Å². The molecule has 1 fully saturated rings. The average Bonchev–Trinajstić information content (AvgIpc) is 3.13. The van der Waals surface area contributed by atoms with Crippen molar-refractivity contribution in [3.63, 3.8) is 0 Å². The minimum Gasteiger partial charge on any atom is -0.435 e. The highest BCUT2D eigenvalue weighted by Crippen LogP contribution is 2.31. The number of hydrogen-bond acceptors (Lipinski definition) is 7. The van der Waals surface area contributed by atoms with Gasteiger partial charge in [0.25, 0.3) is 11.8 Å². The van der Waals surface area contributed by atoms with Crippen molar-refractivity contribution in [1.82, 2.24) is 20.4 Å². The molecule has 3 rings (SSSR count). The Balaban J connectivity index is 1.87. The highest BCUT2D eigenvalue weighted by atomic mass is 19.3. The first-order valence-electron chi connectivity index (χ1n) is 8.07. The van der Waals surface area contributed by atoms with Crippen LogP contribution in [0.15, 0.2) is 22.7 Å². The monoisotopic (exact) mass is 418 g/mol. The quantitative estimate of drug-likeness (QED) is 0.544. The van der Waals surface area contributed by atoms with Crippen LogP contribution in [0, 0.1) is 0 Å². The number of ether oxygens (including phenoxy) is 2. The molecule has 1 saturated heterocycles. The van der Waals surface area contributed by atoms with Crippen LogP contribution < -0.4 is 14.8 Å². The van der Waals surface area contributed by atoms with E-state index in [-0.39, 0.29) is 23.8 Å². The third-order valence-corrected chi connectivity index (χ3v) is 4.04. The number of urea groups is 1. The second-order valence-corrected chi connectivity index (χ2v) is 6.37. The molecule has 3 amide bonds. The first kappa shape index (κ1) is 20.4. The van der Waals surface area contributed by atoms with Crippen LogP contribution in [0.4, 0.5) is 22.4 Å². The standard InChI is InChI=1S/C16H14F4N4O5/c1-16(2)12(25)22-15(26)24(16)6-10-21-11(29-23-10)7-3-8(27-13(17)18)5-9(4-7)28-14(19)20/h3-5,13-14H,6H2,1-2H3,(H,22,25,26). The summed E-state index contributed by atoms with van der Waals surface area (Å²) in [5.74, 6) is -1.65. The van der Waals surface area contributed by atoms with Crippen molar-refractivity contribution in [3.8, 4) is 23.0 Å². The smallest absolute Gasteiger partial charge is 0.387 e. The lowest BCUT2D eigenvalue weighted by molar-refractivity contribution is -0.125. The van der Waals surface area contributed by atoms with Gasteiger partial charge in [0.15, 0.2) is 5.82 Å². The molecule has 1 aliphatic rings. The number of amides is 3. The van der Waals surface area contributed by atoms with Gasteiger partial charge in [-0.1, -0.05) is 5.16 Å². The zero-order valence-electron chi connectivity index (χ0n) is 15.0. The van der Waals surface area contributed by atoms with Crippen molar-refractivity contribution in [2.45, 2.75) is 39.2 Å². The van der Waals surface area contributed by atoms with E-state index in [1.807, 2.05) is 0 Å². The first-order chi connectivity index (χ1) is 13.6. The summed E-state index contributed by atoms with van der Waals surface area (Å²) in [6.07, 6.45) is 0. The molecule has 156 valence electrons. The van der Waals surface area contributed by atoms with Gasteiger partial charge in [0.05, 0.1) is 6.54 Å². The summed E-state index contributed by atoms with van der Waals surface area (Å²) < 4.78 is 63.4. The number of hydrogen-bond donors (Lipinski definition) is 1. The van der Waals surface area contributed by atoms with Gasteiger partial charge in [-0.25, -0.2) is 4.79 Å². The van der Waals surface area contributed by atoms with E-state index in [0.717, 1.165) is 18.2 Å². The molecule has 0 unspecified atom stereocenters. The van der Waals surface area contributed by atoms with Crippen LogP contribution in [-0.2, 0) is 11.3 Å². The fourth-order valence-electron chi connectivity index (χ4n) is 2.58. The minimum atomic E-state index is -3.20. The normalized spacial score (nSPS) is 15.9. The van der Waals surface area contributed by atoms with Gasteiger partial charge < -0.3 is 18.9 Å². The molecular formula is C16H14F4N4O5. The van der Waals surface area contributed by atoms with Gasteiger partial charge in [-0.05, 0) is 26.0 Å². The van der Waals surface area contributed by atoms with Crippen LogP contribution >= 0.6 is 0 Å². The van der Waals surface area contributed by atoms with Crippen LogP contribution in [0.1, 0.15) is 19.7 Å². The Hall–Kier alpha value is -3.38. The van der Waals surface area contributed by atoms with E-state index in [4.69, 9.17) is 4.52 Å². The van der Waals surface area contributed by atoms with Crippen molar-refractivity contribution >= 4 is 11.9 Å². The number of nitrogens with zero attached hydrogens (tertiary/aromatic N) is 3. The third kappa shape index (κ3) is 4.38. The van der Waals surface area contributed by atoms with Crippen molar-refractivity contribution < 1.29 is 41.1 Å². The summed E-state index contributed by atoms with van der Waals surface area (Å²) in [4.78, 5) is 28.9. The van der Waals surface area contributed by atoms with Crippen molar-refractivity contribution in [3.05, 3.63) is 24.0 Å². The minimum absolute atomic E-state index is 0.00515. The highest BCUT2D eigenvalue weighted by Gasteiger charge is 2.46. The van der Waals surface area contributed by atoms with Crippen LogP contribution in [0.3, 0.4) is 0 Å². The topological polar surface area (TPSA) is 107 Å². The highest BCUT2D eigenvalue weighted by molar-refractivity contribution is 6.06. The van der Waals surface area contributed by atoms with Crippen LogP contribution in [0.2, 0.25) is 0 Å². The molecule has 2 aromatic rings. The van der Waals surface area contributed by atoms with Gasteiger partial charge in [0, 0.05) is 11.6 Å². The van der Waals surface area contributed by atoms with E-state index < -0.39 is 42.2 Å². The molecule has 1 aromatic carbocycles. The Kier molecular flexibility index (Phi) is 5.31. The summed E-state index contributed by atoms with van der Waals surface area (Å²) in [5.41, 5.74) is -1.18. The molecule has 0 atom stereocenters. The lowest BCUT2D eigenvalue weighted by Crippen LogP contribution is -2.43. The first-order valence-corrected chi connectivity index (χ1v) is 8.07. The van der Waals surface area contributed by atoms with Crippen molar-refractivity contribution in [1.29, 1.82) is 0 Å². The molecule has 29 heavy (non-hydrogen) atoms. The number of alkyl halides is 4. The second kappa shape index (κ2) is 7.56. The number of benzene rings is 1. The summed E-state index contributed by atoms with van der Waals surface area (Å²) in [7, 11) is 0. The summed E-state index contributed by atoms with van der Waals surface area (Å²) in [6, 6.07) is 2.34. The Bertz CT molecular complexity index is 906. The molecule has 0 saturated carbocycles. The molecule has 1 aliphatic heterocycles. The largest absolute Gasteiger partial charge is 0.435 e. The molecular weight excluding hydrogens is 404 g/mol. The molecule has 13 heteroatoms. The van der Waals surface area contributed by atoms with Gasteiger partial charge in [-0.3, -0.25) is 10.1 Å². The zero-order valence-corrected chi connectivity index (χ0v) is 15.0. The molecule has 1 aromatic heterocycles. The van der Waals surface area contributed by atoms with E-state index in [1.54, 1.807) is 0 Å². The lowest BCUT2D eigenvalue weighted by Gasteiger charge is -2.26. The van der Waals surface area contributed by atoms with Gasteiger partial charge in [-0.15, -0.1) is 0 Å². The van der Waals surface area contributed by atoms with Gasteiger partial charge in [-0.2, -0.15) is 22.5 Å². The number of carbonyl (C=O) groups excluding carboxylic acids is 2. The van der Waals surface area contributed by atoms with E-state index in [0.29, 0.717) is 0 Å². The number of halogens is 4. The van der Waals surface area contributed by atoms with E-state index in [1.165, 1.54) is 18.7 Å². The predicted octanol–water partition coefficient (Wildman–Crippen LogP) is 2.77. The molecule has 2 heterocycles. The fraction of sp³-hybridized carbons (Fsp3) is 0.375. The molecule has 0 bridgehead atoms. The van der Waals surface area contributed by atoms with E-state index in [2.05, 4.69) is 24.9 Å². The lowest BCUT2D eigenvalue weighted by atomic mass is 10.0. The van der Waals surface area contributed by atoms with Gasteiger partial charge in [0.1, 0.15) is 17.0 Å². The summed E-state index contributed by atoms with van der Waals surface area (Å²) in [6.45, 7) is -3.55. The number of rotatable bonds is 7.